The molecule has 0 heterocycles. The summed E-state index contributed by atoms with van der Waals surface area (Å²) in [5.74, 6) is 0.730. The number of hydrogen-bond donors (Lipinski definition) is 1. The highest BCUT2D eigenvalue weighted by Gasteiger charge is 2.19. The van der Waals surface area contributed by atoms with Gasteiger partial charge in [0.15, 0.2) is 9.84 Å². The van der Waals surface area contributed by atoms with E-state index in [0.717, 1.165) is 31.2 Å². The molecule has 0 aromatic heterocycles. The molecule has 0 atom stereocenters. The van der Waals surface area contributed by atoms with Gasteiger partial charge in [-0.25, -0.2) is 8.42 Å². The Morgan fingerprint density at radius 1 is 1.15 bits per heavy atom. The summed E-state index contributed by atoms with van der Waals surface area (Å²) in [4.78, 5) is 0.330. The third-order valence-corrected chi connectivity index (χ3v) is 4.48. The quantitative estimate of drug-likeness (QED) is 0.711. The molecule has 0 radical (unpaired) electrons. The second-order valence-electron chi connectivity index (χ2n) is 5.38. The van der Waals surface area contributed by atoms with Crippen LogP contribution in [0.15, 0.2) is 29.2 Å². The zero-order valence-corrected chi connectivity index (χ0v) is 12.8. The maximum atomic E-state index is 11.3. The molecule has 20 heavy (non-hydrogen) atoms. The fourth-order valence-electron chi connectivity index (χ4n) is 1.97. The average molecular weight is 297 g/mol. The molecule has 1 aromatic rings. The van der Waals surface area contributed by atoms with Crippen LogP contribution in [0.5, 0.6) is 5.75 Å². The van der Waals surface area contributed by atoms with Gasteiger partial charge in [0.1, 0.15) is 5.75 Å². The molecule has 0 unspecified atom stereocenters. The van der Waals surface area contributed by atoms with Gasteiger partial charge in [0.25, 0.3) is 0 Å². The van der Waals surface area contributed by atoms with E-state index in [1.807, 2.05) is 0 Å². The van der Waals surface area contributed by atoms with E-state index in [2.05, 4.69) is 5.32 Å². The van der Waals surface area contributed by atoms with Crippen LogP contribution < -0.4 is 10.1 Å². The van der Waals surface area contributed by atoms with Crippen LogP contribution in [0, 0.1) is 0 Å². The molecule has 1 N–H and O–H groups in total. The Labute approximate surface area is 121 Å². The number of benzene rings is 1. The highest BCUT2D eigenvalue weighted by Crippen LogP contribution is 2.18. The number of rotatable bonds is 9. The summed E-state index contributed by atoms with van der Waals surface area (Å²) in [6, 6.07) is 7.39. The molecule has 1 aliphatic carbocycles. The molecule has 0 aliphatic heterocycles. The Morgan fingerprint density at radius 2 is 1.85 bits per heavy atom. The summed E-state index contributed by atoms with van der Waals surface area (Å²) < 4.78 is 28.2. The van der Waals surface area contributed by atoms with Crippen molar-refractivity contribution in [3.8, 4) is 5.75 Å². The molecule has 1 aliphatic rings. The van der Waals surface area contributed by atoms with Gasteiger partial charge in [-0.05, 0) is 62.9 Å². The van der Waals surface area contributed by atoms with Crippen molar-refractivity contribution in [3.05, 3.63) is 24.3 Å². The first-order chi connectivity index (χ1) is 9.55. The van der Waals surface area contributed by atoms with Crippen molar-refractivity contribution in [1.82, 2.24) is 5.32 Å². The van der Waals surface area contributed by atoms with Crippen molar-refractivity contribution in [2.75, 3.05) is 19.4 Å². The van der Waals surface area contributed by atoms with E-state index in [-0.39, 0.29) is 0 Å². The summed E-state index contributed by atoms with van der Waals surface area (Å²) in [5.41, 5.74) is 0. The molecule has 4 nitrogen and oxygen atoms in total. The Kier molecular flexibility index (Phi) is 5.43. The van der Waals surface area contributed by atoms with Crippen LogP contribution in [0.25, 0.3) is 0 Å². The Hall–Kier alpha value is -1.07. The van der Waals surface area contributed by atoms with Gasteiger partial charge < -0.3 is 10.1 Å². The summed E-state index contributed by atoms with van der Waals surface area (Å²) in [7, 11) is -3.12. The fraction of sp³-hybridized carbons (Fsp3) is 0.600. The number of sulfone groups is 1. The van der Waals surface area contributed by atoms with Gasteiger partial charge in [-0.2, -0.15) is 0 Å². The van der Waals surface area contributed by atoms with Crippen LogP contribution in [0.4, 0.5) is 0 Å². The standard InChI is InChI=1S/C15H23NO3S/c1-20(17,18)15-9-7-14(8-10-15)19-12-4-2-3-11-16-13-5-6-13/h7-10,13,16H,2-6,11-12H2,1H3. The minimum atomic E-state index is -3.12. The number of unbranched alkanes of at least 4 members (excludes halogenated alkanes) is 2. The van der Waals surface area contributed by atoms with E-state index in [0.29, 0.717) is 11.5 Å². The predicted octanol–water partition coefficient (Wildman–Crippen LogP) is 2.39. The van der Waals surface area contributed by atoms with E-state index in [4.69, 9.17) is 4.74 Å². The molecule has 0 bridgehead atoms. The van der Waals surface area contributed by atoms with Gasteiger partial charge in [-0.3, -0.25) is 0 Å². The van der Waals surface area contributed by atoms with Crippen molar-refractivity contribution >= 4 is 9.84 Å². The van der Waals surface area contributed by atoms with Crippen molar-refractivity contribution in [1.29, 1.82) is 0 Å². The molecule has 1 saturated carbocycles. The van der Waals surface area contributed by atoms with Crippen molar-refractivity contribution in [2.45, 2.75) is 43.0 Å². The van der Waals surface area contributed by atoms with E-state index in [1.54, 1.807) is 24.3 Å². The molecule has 0 spiro atoms. The number of ether oxygens (including phenoxy) is 1. The van der Waals surface area contributed by atoms with E-state index in [9.17, 15) is 8.42 Å². The predicted molar refractivity (Wildman–Crippen MR) is 79.9 cm³/mol. The molecule has 5 heteroatoms. The van der Waals surface area contributed by atoms with Crippen LogP contribution >= 0.6 is 0 Å². The molecular formula is C15H23NO3S. The monoisotopic (exact) mass is 297 g/mol. The maximum absolute atomic E-state index is 11.3. The minimum absolute atomic E-state index is 0.330. The largest absolute Gasteiger partial charge is 0.494 e. The summed E-state index contributed by atoms with van der Waals surface area (Å²) in [6.07, 6.45) is 7.26. The van der Waals surface area contributed by atoms with Gasteiger partial charge in [0.05, 0.1) is 11.5 Å². The lowest BCUT2D eigenvalue weighted by Gasteiger charge is -2.07. The second kappa shape index (κ2) is 7.09. The van der Waals surface area contributed by atoms with E-state index in [1.165, 1.54) is 25.5 Å². The SMILES string of the molecule is CS(=O)(=O)c1ccc(OCCCCCNC2CC2)cc1. The van der Waals surface area contributed by atoms with Crippen molar-refractivity contribution < 1.29 is 13.2 Å². The van der Waals surface area contributed by atoms with Gasteiger partial charge in [-0.1, -0.05) is 0 Å². The van der Waals surface area contributed by atoms with Crippen LogP contribution in [0.3, 0.4) is 0 Å². The Morgan fingerprint density at radius 3 is 2.45 bits per heavy atom. The molecule has 112 valence electrons. The number of hydrogen-bond acceptors (Lipinski definition) is 4. The lowest BCUT2D eigenvalue weighted by atomic mass is 10.2. The molecule has 0 amide bonds. The third-order valence-electron chi connectivity index (χ3n) is 3.35. The van der Waals surface area contributed by atoms with Gasteiger partial charge in [0.2, 0.25) is 0 Å². The van der Waals surface area contributed by atoms with Gasteiger partial charge in [0, 0.05) is 12.3 Å². The summed E-state index contributed by atoms with van der Waals surface area (Å²) in [6.45, 7) is 1.79. The van der Waals surface area contributed by atoms with Gasteiger partial charge >= 0.3 is 0 Å². The molecular weight excluding hydrogens is 274 g/mol. The average Bonchev–Trinajstić information content (AvgIpc) is 3.21. The molecule has 2 rings (SSSR count). The molecule has 1 fully saturated rings. The van der Waals surface area contributed by atoms with Crippen molar-refractivity contribution in [3.63, 3.8) is 0 Å². The second-order valence-corrected chi connectivity index (χ2v) is 7.40. The number of nitrogens with one attached hydrogen (secondary N) is 1. The maximum Gasteiger partial charge on any atom is 0.175 e. The first-order valence-electron chi connectivity index (χ1n) is 7.22. The minimum Gasteiger partial charge on any atom is -0.494 e. The van der Waals surface area contributed by atoms with Crippen LogP contribution in [-0.4, -0.2) is 33.9 Å². The fourth-order valence-corrected chi connectivity index (χ4v) is 2.60. The summed E-state index contributed by atoms with van der Waals surface area (Å²) in [5, 5.41) is 3.49. The lowest BCUT2D eigenvalue weighted by molar-refractivity contribution is 0.304. The van der Waals surface area contributed by atoms with Gasteiger partial charge in [-0.15, -0.1) is 0 Å². The molecule has 1 aromatic carbocycles. The highest BCUT2D eigenvalue weighted by molar-refractivity contribution is 7.90. The first kappa shape index (κ1) is 15.3. The van der Waals surface area contributed by atoms with E-state index < -0.39 is 9.84 Å². The normalized spacial score (nSPS) is 15.2. The smallest absolute Gasteiger partial charge is 0.175 e. The zero-order valence-electron chi connectivity index (χ0n) is 12.0. The topological polar surface area (TPSA) is 55.4 Å². The third kappa shape index (κ3) is 5.51. The van der Waals surface area contributed by atoms with Crippen LogP contribution in [0.2, 0.25) is 0 Å². The molecule has 0 saturated heterocycles. The van der Waals surface area contributed by atoms with E-state index >= 15 is 0 Å². The Balaban J connectivity index is 1.59. The zero-order chi connectivity index (χ0) is 14.4. The van der Waals surface area contributed by atoms with Crippen LogP contribution in [-0.2, 0) is 9.84 Å². The Bertz CT molecular complexity index is 506. The first-order valence-corrected chi connectivity index (χ1v) is 9.11. The van der Waals surface area contributed by atoms with Crippen LogP contribution in [0.1, 0.15) is 32.1 Å². The van der Waals surface area contributed by atoms with Crippen molar-refractivity contribution in [2.24, 2.45) is 0 Å². The summed E-state index contributed by atoms with van der Waals surface area (Å²) >= 11 is 0. The lowest BCUT2D eigenvalue weighted by Crippen LogP contribution is -2.17. The highest BCUT2D eigenvalue weighted by atomic mass is 32.2.